The van der Waals surface area contributed by atoms with Gasteiger partial charge in [-0.25, -0.2) is 0 Å². The van der Waals surface area contributed by atoms with Gasteiger partial charge in [-0.3, -0.25) is 19.2 Å². The Morgan fingerprint density at radius 2 is 2.22 bits per heavy atom. The Morgan fingerprint density at radius 1 is 1.41 bits per heavy atom. The molecule has 168 valence electrons. The molecular formula is C18H17N5O5S4. The number of nitrogens with one attached hydrogen (secondary N) is 2. The van der Waals surface area contributed by atoms with E-state index >= 15 is 0 Å². The molecule has 0 aromatic carbocycles. The number of carbonyl (C=O) groups is 4. The Kier molecular flexibility index (Phi) is 6.83. The molecule has 1 saturated heterocycles. The molecule has 0 aliphatic carbocycles. The van der Waals surface area contributed by atoms with Crippen LogP contribution in [0.2, 0.25) is 0 Å². The molecule has 2 aromatic rings. The van der Waals surface area contributed by atoms with E-state index in [1.54, 1.807) is 23.7 Å². The number of fused-ring (bicyclic) bond motifs is 1. The van der Waals surface area contributed by atoms with Crippen molar-refractivity contribution in [2.24, 2.45) is 0 Å². The lowest BCUT2D eigenvalue weighted by Gasteiger charge is -2.49. The van der Waals surface area contributed by atoms with E-state index in [4.69, 9.17) is 0 Å². The molecule has 2 aliphatic heterocycles. The number of β-lactam (4-membered cyclic amide) rings is 1. The third-order valence-electron chi connectivity index (χ3n) is 4.71. The zero-order valence-corrected chi connectivity index (χ0v) is 19.7. The summed E-state index contributed by atoms with van der Waals surface area (Å²) in [4.78, 5) is 50.3. The summed E-state index contributed by atoms with van der Waals surface area (Å²) in [6, 6.07) is 1.67. The summed E-state index contributed by atoms with van der Waals surface area (Å²) >= 11 is 5.19. The van der Waals surface area contributed by atoms with Crippen molar-refractivity contribution in [1.29, 1.82) is 0 Å². The highest BCUT2D eigenvalue weighted by atomic mass is 32.2. The minimum Gasteiger partial charge on any atom is -0.480 e. The van der Waals surface area contributed by atoms with Crippen LogP contribution < -0.4 is 10.6 Å². The number of carbonyl (C=O) groups excluding carboxylic acids is 3. The number of hydrogen-bond donors (Lipinski definition) is 3. The molecule has 10 nitrogen and oxygen atoms in total. The van der Waals surface area contributed by atoms with Crippen LogP contribution in [-0.2, 0) is 19.2 Å². The third-order valence-corrected chi connectivity index (χ3v) is 9.25. The second-order valence-electron chi connectivity index (χ2n) is 6.79. The van der Waals surface area contributed by atoms with E-state index in [-0.39, 0.29) is 5.91 Å². The quantitative estimate of drug-likeness (QED) is 0.257. The number of hydrogen-bond acceptors (Lipinski definition) is 10. The fraction of sp³-hybridized carbons (Fsp3) is 0.333. The lowest BCUT2D eigenvalue weighted by molar-refractivity contribution is -0.145. The molecule has 0 spiro atoms. The van der Waals surface area contributed by atoms with Crippen LogP contribution in [0.5, 0.6) is 0 Å². The zero-order valence-electron chi connectivity index (χ0n) is 16.5. The van der Waals surface area contributed by atoms with Crippen LogP contribution in [-0.4, -0.2) is 66.8 Å². The van der Waals surface area contributed by atoms with Gasteiger partial charge >= 0.3 is 5.97 Å². The SMILES string of the molecule is Cc1nnc(SCC2=CN3C(=O)[C@@H](NC(=O)C(NC=O)c4cccs4)[C@H]3SC2C(=O)O)s1. The largest absolute Gasteiger partial charge is 0.480 e. The molecule has 4 atom stereocenters. The standard InChI is InChI=1S/C18H17N5O5S4/c1-8-21-22-18(31-8)30-6-9-5-23-15(26)12(16(23)32-13(9)17(27)28)20-14(25)11(19-7-24)10-3-2-4-29-10/h2-5,7,11-13,16H,6H2,1H3,(H,19,24)(H,20,25)(H,27,28)/t11?,12-,13?,16-/m1/s1. The highest BCUT2D eigenvalue weighted by molar-refractivity contribution is 8.02. The summed E-state index contributed by atoms with van der Waals surface area (Å²) < 4.78 is 0.724. The van der Waals surface area contributed by atoms with Gasteiger partial charge < -0.3 is 20.6 Å². The molecule has 0 saturated carbocycles. The fourth-order valence-electron chi connectivity index (χ4n) is 3.23. The number of aliphatic carboxylic acids is 1. The number of aryl methyl sites for hydroxylation is 1. The molecule has 4 rings (SSSR count). The van der Waals surface area contributed by atoms with Crippen molar-refractivity contribution >= 4 is 70.4 Å². The molecule has 14 heteroatoms. The summed E-state index contributed by atoms with van der Waals surface area (Å²) in [6.07, 6.45) is 1.99. The third kappa shape index (κ3) is 4.53. The van der Waals surface area contributed by atoms with Crippen LogP contribution in [0.25, 0.3) is 0 Å². The Labute approximate surface area is 198 Å². The van der Waals surface area contributed by atoms with Gasteiger partial charge in [0, 0.05) is 16.8 Å². The van der Waals surface area contributed by atoms with Gasteiger partial charge in [0.1, 0.15) is 27.7 Å². The van der Waals surface area contributed by atoms with E-state index in [0.717, 1.165) is 21.1 Å². The van der Waals surface area contributed by atoms with E-state index in [2.05, 4.69) is 20.8 Å². The lowest BCUT2D eigenvalue weighted by atomic mass is 10.0. The van der Waals surface area contributed by atoms with Crippen LogP contribution in [0.15, 0.2) is 33.6 Å². The second-order valence-corrected chi connectivity index (χ2v) is 11.4. The van der Waals surface area contributed by atoms with Gasteiger partial charge in [-0.1, -0.05) is 29.2 Å². The average molecular weight is 512 g/mol. The molecule has 0 bridgehead atoms. The molecule has 1 fully saturated rings. The first kappa shape index (κ1) is 22.8. The average Bonchev–Trinajstić information content (AvgIpc) is 3.45. The predicted octanol–water partition coefficient (Wildman–Crippen LogP) is 1.22. The number of aromatic nitrogens is 2. The summed E-state index contributed by atoms with van der Waals surface area (Å²) in [5.74, 6) is -1.51. The van der Waals surface area contributed by atoms with Crippen molar-refractivity contribution in [3.63, 3.8) is 0 Å². The van der Waals surface area contributed by atoms with Crippen molar-refractivity contribution in [1.82, 2.24) is 25.7 Å². The van der Waals surface area contributed by atoms with Gasteiger partial charge in [0.25, 0.3) is 5.91 Å². The number of carboxylic acid groups (broad SMARTS) is 1. The number of thioether (sulfide) groups is 2. The molecular weight excluding hydrogens is 494 g/mol. The summed E-state index contributed by atoms with van der Waals surface area (Å²) in [7, 11) is 0. The maximum Gasteiger partial charge on any atom is 0.321 e. The number of rotatable bonds is 9. The topological polar surface area (TPSA) is 142 Å². The molecule has 3 N–H and O–H groups in total. The van der Waals surface area contributed by atoms with Gasteiger partial charge in [0.05, 0.1) is 0 Å². The van der Waals surface area contributed by atoms with Crippen LogP contribution in [0.4, 0.5) is 0 Å². The first-order valence-electron chi connectivity index (χ1n) is 9.26. The van der Waals surface area contributed by atoms with Crippen molar-refractivity contribution in [3.8, 4) is 0 Å². The van der Waals surface area contributed by atoms with E-state index in [1.807, 2.05) is 6.92 Å². The monoisotopic (exact) mass is 511 g/mol. The summed E-state index contributed by atoms with van der Waals surface area (Å²) in [5.41, 5.74) is 0.578. The maximum atomic E-state index is 12.7. The molecule has 2 aliphatic rings. The van der Waals surface area contributed by atoms with Crippen molar-refractivity contribution in [2.75, 3.05) is 5.75 Å². The van der Waals surface area contributed by atoms with Gasteiger partial charge in [-0.15, -0.1) is 33.3 Å². The normalized spacial score (nSPS) is 22.9. The number of thiophene rings is 1. The second kappa shape index (κ2) is 9.60. The van der Waals surface area contributed by atoms with Crippen molar-refractivity contribution < 1.29 is 24.3 Å². The maximum absolute atomic E-state index is 12.7. The van der Waals surface area contributed by atoms with E-state index in [9.17, 15) is 24.3 Å². The van der Waals surface area contributed by atoms with Gasteiger partial charge in [-0.2, -0.15) is 0 Å². The summed E-state index contributed by atoms with van der Waals surface area (Å²) in [6.45, 7) is 1.84. The number of nitrogens with zero attached hydrogens (tertiary/aromatic N) is 3. The minimum absolute atomic E-state index is 0.329. The Morgan fingerprint density at radius 3 is 2.84 bits per heavy atom. The predicted molar refractivity (Wildman–Crippen MR) is 121 cm³/mol. The molecule has 2 unspecified atom stereocenters. The zero-order chi connectivity index (χ0) is 22.8. The van der Waals surface area contributed by atoms with Crippen LogP contribution >= 0.6 is 46.2 Å². The van der Waals surface area contributed by atoms with Gasteiger partial charge in [-0.05, 0) is 23.9 Å². The highest BCUT2D eigenvalue weighted by Gasteiger charge is 2.53. The van der Waals surface area contributed by atoms with Crippen LogP contribution in [0.1, 0.15) is 15.9 Å². The van der Waals surface area contributed by atoms with Crippen molar-refractivity contribution in [2.45, 2.75) is 34.0 Å². The number of carboxylic acids is 1. The number of amides is 3. The Bertz CT molecular complexity index is 1070. The van der Waals surface area contributed by atoms with Crippen LogP contribution in [0, 0.1) is 6.92 Å². The lowest BCUT2D eigenvalue weighted by Crippen LogP contribution is -2.69. The molecule has 0 radical (unpaired) electrons. The smallest absolute Gasteiger partial charge is 0.321 e. The highest BCUT2D eigenvalue weighted by Crippen LogP contribution is 2.42. The van der Waals surface area contributed by atoms with E-state index in [0.29, 0.717) is 22.6 Å². The molecule has 3 amide bonds. The van der Waals surface area contributed by atoms with E-state index < -0.39 is 34.6 Å². The molecule has 32 heavy (non-hydrogen) atoms. The van der Waals surface area contributed by atoms with Crippen LogP contribution in [0.3, 0.4) is 0 Å². The Hall–Kier alpha value is -2.42. The fourth-order valence-corrected chi connectivity index (χ4v) is 7.29. The first-order chi connectivity index (χ1) is 15.4. The Balaban J connectivity index is 1.46. The molecule has 2 aromatic heterocycles. The van der Waals surface area contributed by atoms with Gasteiger partial charge in [0.15, 0.2) is 4.34 Å². The minimum atomic E-state index is -1.02. The first-order valence-corrected chi connectivity index (χ1v) is 12.9. The summed E-state index contributed by atoms with van der Waals surface area (Å²) in [5, 5.41) is 24.0. The van der Waals surface area contributed by atoms with Crippen molar-refractivity contribution in [3.05, 3.63) is 39.2 Å². The van der Waals surface area contributed by atoms with E-state index in [1.165, 1.54) is 39.3 Å². The van der Waals surface area contributed by atoms with Gasteiger partial charge in [0.2, 0.25) is 12.3 Å². The molecule has 4 heterocycles.